The van der Waals surface area contributed by atoms with E-state index in [1.54, 1.807) is 0 Å². The first-order chi connectivity index (χ1) is 8.13. The van der Waals surface area contributed by atoms with Crippen LogP contribution in [0.5, 0.6) is 0 Å². The van der Waals surface area contributed by atoms with Gasteiger partial charge in [0.05, 0.1) is 5.69 Å². The Hall–Kier alpha value is -1.18. The summed E-state index contributed by atoms with van der Waals surface area (Å²) >= 11 is 0. The molecule has 1 heterocycles. The maximum absolute atomic E-state index is 12.0. The molecule has 0 aromatic carbocycles. The van der Waals surface area contributed by atoms with Gasteiger partial charge in [0.25, 0.3) is 0 Å². The third kappa shape index (κ3) is 2.74. The van der Waals surface area contributed by atoms with Gasteiger partial charge < -0.3 is 5.43 Å². The summed E-state index contributed by atoms with van der Waals surface area (Å²) in [5.74, 6) is 5.74. The molecule has 94 valence electrons. The fourth-order valence-electron chi connectivity index (χ4n) is 1.72. The van der Waals surface area contributed by atoms with E-state index in [0.717, 1.165) is 12.8 Å². The second kappa shape index (κ2) is 4.99. The summed E-state index contributed by atoms with van der Waals surface area (Å²) in [6.45, 7) is 0.487. The number of anilines is 1. The SMILES string of the molecule is NNc1ccncc1S(=O)(=O)NCC1CCC1. The predicted molar refractivity (Wildman–Crippen MR) is 64.6 cm³/mol. The Kier molecular flexibility index (Phi) is 3.60. The van der Waals surface area contributed by atoms with Crippen LogP contribution in [0.25, 0.3) is 0 Å². The van der Waals surface area contributed by atoms with Gasteiger partial charge >= 0.3 is 0 Å². The van der Waals surface area contributed by atoms with Crippen molar-refractivity contribution in [2.45, 2.75) is 24.2 Å². The molecule has 0 radical (unpaired) electrons. The lowest BCUT2D eigenvalue weighted by Gasteiger charge is -2.25. The van der Waals surface area contributed by atoms with Crippen molar-refractivity contribution >= 4 is 15.7 Å². The maximum atomic E-state index is 12.0. The first-order valence-corrected chi connectivity index (χ1v) is 7.02. The van der Waals surface area contributed by atoms with Crippen LogP contribution in [0.4, 0.5) is 5.69 Å². The van der Waals surface area contributed by atoms with Crippen molar-refractivity contribution in [3.63, 3.8) is 0 Å². The van der Waals surface area contributed by atoms with Crippen molar-refractivity contribution in [3.8, 4) is 0 Å². The summed E-state index contributed by atoms with van der Waals surface area (Å²) in [6.07, 6.45) is 6.16. The topological polar surface area (TPSA) is 97.1 Å². The minimum absolute atomic E-state index is 0.0850. The van der Waals surface area contributed by atoms with Crippen LogP contribution in [0.3, 0.4) is 0 Å². The van der Waals surface area contributed by atoms with E-state index in [1.165, 1.54) is 24.9 Å². The molecule has 0 bridgehead atoms. The Bertz CT molecular complexity index is 485. The Labute approximate surface area is 101 Å². The predicted octanol–water partition coefficient (Wildman–Crippen LogP) is 0.446. The average Bonchev–Trinajstić information content (AvgIpc) is 2.26. The number of rotatable bonds is 5. The number of nitrogens with one attached hydrogen (secondary N) is 2. The number of nitrogens with two attached hydrogens (primary N) is 1. The molecule has 0 atom stereocenters. The lowest BCUT2D eigenvalue weighted by molar-refractivity contribution is 0.316. The average molecular weight is 256 g/mol. The molecule has 0 unspecified atom stereocenters. The number of nitrogens with zero attached hydrogens (tertiary/aromatic N) is 1. The molecule has 0 spiro atoms. The molecule has 7 heteroatoms. The third-order valence-corrected chi connectivity index (χ3v) is 4.47. The first-order valence-electron chi connectivity index (χ1n) is 5.54. The Morgan fingerprint density at radius 3 is 2.82 bits per heavy atom. The molecule has 0 aliphatic heterocycles. The molecule has 2 rings (SSSR count). The first kappa shape index (κ1) is 12.3. The second-order valence-electron chi connectivity index (χ2n) is 4.16. The number of sulfonamides is 1. The Morgan fingerprint density at radius 2 is 2.24 bits per heavy atom. The van der Waals surface area contributed by atoms with Crippen molar-refractivity contribution < 1.29 is 8.42 Å². The molecule has 1 aliphatic carbocycles. The van der Waals surface area contributed by atoms with Crippen LogP contribution in [0, 0.1) is 5.92 Å². The van der Waals surface area contributed by atoms with Gasteiger partial charge in [0.15, 0.2) is 0 Å². The minimum Gasteiger partial charge on any atom is -0.323 e. The second-order valence-corrected chi connectivity index (χ2v) is 5.90. The summed E-state index contributed by atoms with van der Waals surface area (Å²) in [6, 6.07) is 1.53. The molecular weight excluding hydrogens is 240 g/mol. The molecule has 4 N–H and O–H groups in total. The number of hydrogen-bond donors (Lipinski definition) is 3. The fourth-order valence-corrected chi connectivity index (χ4v) is 2.94. The van der Waals surface area contributed by atoms with E-state index in [2.05, 4.69) is 15.1 Å². The Balaban J connectivity index is 2.12. The van der Waals surface area contributed by atoms with Crippen LogP contribution in [0.15, 0.2) is 23.4 Å². The third-order valence-electron chi connectivity index (χ3n) is 3.02. The van der Waals surface area contributed by atoms with Gasteiger partial charge in [0.1, 0.15) is 4.90 Å². The van der Waals surface area contributed by atoms with Crippen molar-refractivity contribution in [2.24, 2.45) is 11.8 Å². The zero-order valence-corrected chi connectivity index (χ0v) is 10.2. The summed E-state index contributed by atoms with van der Waals surface area (Å²) in [5.41, 5.74) is 2.71. The fraction of sp³-hybridized carbons (Fsp3) is 0.500. The van der Waals surface area contributed by atoms with Crippen LogP contribution in [-0.4, -0.2) is 19.9 Å². The summed E-state index contributed by atoms with van der Waals surface area (Å²) < 4.78 is 26.6. The molecule has 1 saturated carbocycles. The van der Waals surface area contributed by atoms with Gasteiger partial charge in [0, 0.05) is 18.9 Å². The van der Waals surface area contributed by atoms with Gasteiger partial charge in [-0.1, -0.05) is 6.42 Å². The highest BCUT2D eigenvalue weighted by atomic mass is 32.2. The zero-order chi connectivity index (χ0) is 12.3. The van der Waals surface area contributed by atoms with Gasteiger partial charge in [-0.25, -0.2) is 13.1 Å². The zero-order valence-electron chi connectivity index (χ0n) is 9.39. The van der Waals surface area contributed by atoms with Gasteiger partial charge in [-0.15, -0.1) is 0 Å². The van der Waals surface area contributed by atoms with Crippen LogP contribution in [-0.2, 0) is 10.0 Å². The van der Waals surface area contributed by atoms with Crippen molar-refractivity contribution in [2.75, 3.05) is 12.0 Å². The summed E-state index contributed by atoms with van der Waals surface area (Å²) in [5, 5.41) is 0. The number of hydrogen-bond acceptors (Lipinski definition) is 5. The van der Waals surface area contributed by atoms with Gasteiger partial charge in [0.2, 0.25) is 10.0 Å². The van der Waals surface area contributed by atoms with Crippen LogP contribution < -0.4 is 16.0 Å². The molecule has 1 aromatic heterocycles. The van der Waals surface area contributed by atoms with E-state index in [1.807, 2.05) is 0 Å². The lowest BCUT2D eigenvalue weighted by atomic mass is 9.86. The van der Waals surface area contributed by atoms with E-state index in [4.69, 9.17) is 5.84 Å². The maximum Gasteiger partial charge on any atom is 0.244 e. The van der Waals surface area contributed by atoms with Crippen molar-refractivity contribution in [1.82, 2.24) is 9.71 Å². The van der Waals surface area contributed by atoms with Crippen molar-refractivity contribution in [3.05, 3.63) is 18.5 Å². The molecule has 1 aromatic rings. The van der Waals surface area contributed by atoms with Crippen LogP contribution in [0.2, 0.25) is 0 Å². The molecule has 1 aliphatic rings. The molecule has 6 nitrogen and oxygen atoms in total. The molecule has 0 saturated heterocycles. The van der Waals surface area contributed by atoms with E-state index < -0.39 is 10.0 Å². The smallest absolute Gasteiger partial charge is 0.244 e. The molecule has 0 amide bonds. The standard InChI is InChI=1S/C10H16N4O2S/c11-14-9-4-5-12-7-10(9)17(15,16)13-6-8-2-1-3-8/h4-5,7-8,13H,1-3,6,11H2,(H,12,14). The highest BCUT2D eigenvalue weighted by molar-refractivity contribution is 7.89. The monoisotopic (exact) mass is 256 g/mol. The summed E-state index contributed by atoms with van der Waals surface area (Å²) in [4.78, 5) is 3.89. The number of nitrogen functional groups attached to an aromatic ring is 1. The normalized spacial score (nSPS) is 16.5. The largest absolute Gasteiger partial charge is 0.323 e. The Morgan fingerprint density at radius 1 is 1.47 bits per heavy atom. The highest BCUT2D eigenvalue weighted by Gasteiger charge is 2.23. The number of aromatic nitrogens is 1. The van der Waals surface area contributed by atoms with Gasteiger partial charge in [-0.3, -0.25) is 10.8 Å². The number of pyridine rings is 1. The minimum atomic E-state index is -3.53. The quantitative estimate of drug-likeness (QED) is 0.525. The van der Waals surface area contributed by atoms with E-state index in [-0.39, 0.29) is 4.90 Å². The van der Waals surface area contributed by atoms with Crippen LogP contribution in [0.1, 0.15) is 19.3 Å². The number of hydrazine groups is 1. The van der Waals surface area contributed by atoms with E-state index in [9.17, 15) is 8.42 Å². The highest BCUT2D eigenvalue weighted by Crippen LogP contribution is 2.26. The van der Waals surface area contributed by atoms with Crippen LogP contribution >= 0.6 is 0 Å². The van der Waals surface area contributed by atoms with Crippen molar-refractivity contribution in [1.29, 1.82) is 0 Å². The molecule has 17 heavy (non-hydrogen) atoms. The van der Waals surface area contributed by atoms with E-state index in [0.29, 0.717) is 18.2 Å². The molecule has 1 fully saturated rings. The lowest BCUT2D eigenvalue weighted by Crippen LogP contribution is -2.32. The van der Waals surface area contributed by atoms with Gasteiger partial charge in [-0.05, 0) is 24.8 Å². The van der Waals surface area contributed by atoms with Gasteiger partial charge in [-0.2, -0.15) is 0 Å². The summed E-state index contributed by atoms with van der Waals surface area (Å²) in [7, 11) is -3.53. The molecular formula is C10H16N4O2S. The van der Waals surface area contributed by atoms with E-state index >= 15 is 0 Å².